The lowest BCUT2D eigenvalue weighted by Crippen LogP contribution is -2.43. The quantitative estimate of drug-likeness (QED) is 0.746. The van der Waals surface area contributed by atoms with E-state index >= 15 is 0 Å². The van der Waals surface area contributed by atoms with Gasteiger partial charge in [-0.2, -0.15) is 0 Å². The molecule has 94 valence electrons. The van der Waals surface area contributed by atoms with E-state index < -0.39 is 0 Å². The lowest BCUT2D eigenvalue weighted by atomic mass is 10.1. The molecule has 0 aromatic heterocycles. The zero-order valence-corrected chi connectivity index (χ0v) is 10.8. The molecule has 0 aliphatic carbocycles. The first-order chi connectivity index (χ1) is 6.97. The second kappa shape index (κ2) is 6.06. The molecule has 5 nitrogen and oxygen atoms in total. The molecule has 1 aliphatic heterocycles. The van der Waals surface area contributed by atoms with Gasteiger partial charge in [-0.25, -0.2) is 0 Å². The van der Waals surface area contributed by atoms with Gasteiger partial charge in [0.2, 0.25) is 11.8 Å². The van der Waals surface area contributed by atoms with Crippen LogP contribution in [0.25, 0.3) is 0 Å². The molecule has 0 spiro atoms. The van der Waals surface area contributed by atoms with Gasteiger partial charge in [0.25, 0.3) is 0 Å². The van der Waals surface area contributed by atoms with Crippen LogP contribution in [0.2, 0.25) is 0 Å². The van der Waals surface area contributed by atoms with E-state index in [0.717, 1.165) is 0 Å². The van der Waals surface area contributed by atoms with E-state index in [0.29, 0.717) is 19.5 Å². The number of rotatable bonds is 3. The summed E-state index contributed by atoms with van der Waals surface area (Å²) in [6.45, 7) is 2.87. The molecule has 0 bridgehead atoms. The molecule has 1 heterocycles. The van der Waals surface area contributed by atoms with Crippen LogP contribution in [-0.2, 0) is 9.59 Å². The number of nitrogens with two attached hydrogens (primary N) is 1. The molecule has 16 heavy (non-hydrogen) atoms. The van der Waals surface area contributed by atoms with Crippen LogP contribution >= 0.6 is 12.4 Å². The van der Waals surface area contributed by atoms with Crippen molar-refractivity contribution in [3.63, 3.8) is 0 Å². The lowest BCUT2D eigenvalue weighted by molar-refractivity contribution is -0.136. The number of halogens is 1. The summed E-state index contributed by atoms with van der Waals surface area (Å²) in [6, 6.07) is 0.0264. The Morgan fingerprint density at radius 1 is 1.69 bits per heavy atom. The average Bonchev–Trinajstić information content (AvgIpc) is 2.56. The Labute approximate surface area is 102 Å². The highest BCUT2D eigenvalue weighted by atomic mass is 35.5. The van der Waals surface area contributed by atoms with Crippen molar-refractivity contribution >= 4 is 24.2 Å². The third-order valence-electron chi connectivity index (χ3n) is 3.04. The molecule has 2 amide bonds. The molecule has 0 radical (unpaired) electrons. The van der Waals surface area contributed by atoms with Crippen molar-refractivity contribution in [3.05, 3.63) is 0 Å². The number of hydrogen-bond acceptors (Lipinski definition) is 3. The number of amides is 2. The van der Waals surface area contributed by atoms with Gasteiger partial charge in [0.1, 0.15) is 0 Å². The number of carbonyl (C=O) groups is 2. The first-order valence-electron chi connectivity index (χ1n) is 5.18. The van der Waals surface area contributed by atoms with Crippen molar-refractivity contribution in [1.29, 1.82) is 0 Å². The van der Waals surface area contributed by atoms with Crippen molar-refractivity contribution in [1.82, 2.24) is 9.80 Å². The molecule has 6 heteroatoms. The van der Waals surface area contributed by atoms with E-state index in [9.17, 15) is 9.59 Å². The minimum atomic E-state index is -0.193. The molecule has 0 aromatic rings. The number of carbonyl (C=O) groups excluding carboxylic acids is 2. The van der Waals surface area contributed by atoms with Gasteiger partial charge in [0, 0.05) is 39.6 Å². The van der Waals surface area contributed by atoms with Crippen LogP contribution in [0.15, 0.2) is 0 Å². The van der Waals surface area contributed by atoms with Crippen molar-refractivity contribution in [2.45, 2.75) is 19.4 Å². The van der Waals surface area contributed by atoms with Crippen LogP contribution < -0.4 is 5.73 Å². The molecule has 1 aliphatic rings. The Balaban J connectivity index is 0.00000225. The van der Waals surface area contributed by atoms with E-state index in [2.05, 4.69) is 0 Å². The van der Waals surface area contributed by atoms with Gasteiger partial charge in [0.15, 0.2) is 0 Å². The summed E-state index contributed by atoms with van der Waals surface area (Å²) >= 11 is 0. The summed E-state index contributed by atoms with van der Waals surface area (Å²) in [5.74, 6) is -0.130. The van der Waals surface area contributed by atoms with Crippen molar-refractivity contribution < 1.29 is 9.59 Å². The predicted octanol–water partition coefficient (Wildman–Crippen LogP) is -0.308. The van der Waals surface area contributed by atoms with Crippen molar-refractivity contribution in [2.24, 2.45) is 11.7 Å². The third-order valence-corrected chi connectivity index (χ3v) is 3.04. The number of nitrogens with zero attached hydrogens (tertiary/aromatic N) is 2. The number of hydrogen-bond donors (Lipinski definition) is 1. The molecule has 1 rings (SSSR count). The predicted molar refractivity (Wildman–Crippen MR) is 64.3 cm³/mol. The topological polar surface area (TPSA) is 66.6 Å². The van der Waals surface area contributed by atoms with Crippen molar-refractivity contribution in [2.75, 3.05) is 27.2 Å². The van der Waals surface area contributed by atoms with Crippen LogP contribution in [0, 0.1) is 5.92 Å². The highest BCUT2D eigenvalue weighted by molar-refractivity contribution is 5.89. The zero-order chi connectivity index (χ0) is 11.6. The van der Waals surface area contributed by atoms with Gasteiger partial charge in [-0.3, -0.25) is 9.59 Å². The van der Waals surface area contributed by atoms with Gasteiger partial charge < -0.3 is 15.5 Å². The van der Waals surface area contributed by atoms with E-state index in [1.54, 1.807) is 23.9 Å². The highest BCUT2D eigenvalue weighted by Gasteiger charge is 2.34. The molecule has 0 saturated carbocycles. The Hall–Kier alpha value is -0.810. The molecule has 1 saturated heterocycles. The van der Waals surface area contributed by atoms with E-state index in [-0.39, 0.29) is 36.2 Å². The van der Waals surface area contributed by atoms with Crippen LogP contribution in [0.1, 0.15) is 13.3 Å². The van der Waals surface area contributed by atoms with E-state index in [4.69, 9.17) is 5.73 Å². The van der Waals surface area contributed by atoms with Gasteiger partial charge in [-0.15, -0.1) is 12.4 Å². The number of likely N-dealkylation sites (N-methyl/N-ethyl adjacent to an activating group) is 1. The third kappa shape index (κ3) is 3.09. The second-order valence-electron chi connectivity index (χ2n) is 4.21. The van der Waals surface area contributed by atoms with Crippen molar-refractivity contribution in [3.8, 4) is 0 Å². The Morgan fingerprint density at radius 2 is 2.25 bits per heavy atom. The Morgan fingerprint density at radius 3 is 2.62 bits per heavy atom. The van der Waals surface area contributed by atoms with Gasteiger partial charge >= 0.3 is 0 Å². The fourth-order valence-corrected chi connectivity index (χ4v) is 1.69. The van der Waals surface area contributed by atoms with Crippen LogP contribution in [-0.4, -0.2) is 54.8 Å². The van der Waals surface area contributed by atoms with Gasteiger partial charge in [0.05, 0.1) is 5.92 Å². The maximum atomic E-state index is 11.9. The summed E-state index contributed by atoms with van der Waals surface area (Å²) in [6.07, 6.45) is 0.330. The normalized spacial score (nSPS) is 21.6. The largest absolute Gasteiger partial charge is 0.345 e. The molecular weight excluding hydrogens is 230 g/mol. The summed E-state index contributed by atoms with van der Waals surface area (Å²) in [4.78, 5) is 26.4. The minimum absolute atomic E-state index is 0. The smallest absolute Gasteiger partial charge is 0.228 e. The monoisotopic (exact) mass is 249 g/mol. The molecule has 0 aromatic carbocycles. The maximum Gasteiger partial charge on any atom is 0.228 e. The zero-order valence-electron chi connectivity index (χ0n) is 9.97. The summed E-state index contributed by atoms with van der Waals surface area (Å²) < 4.78 is 0. The van der Waals surface area contributed by atoms with Crippen LogP contribution in [0.3, 0.4) is 0 Å². The maximum absolute atomic E-state index is 11.9. The van der Waals surface area contributed by atoms with Crippen LogP contribution in [0.5, 0.6) is 0 Å². The SMILES string of the molecule is CC(CN)N(C)C(=O)C1CC(=O)N(C)C1.Cl. The molecule has 2 unspecified atom stereocenters. The van der Waals surface area contributed by atoms with Gasteiger partial charge in [-0.1, -0.05) is 0 Å². The first-order valence-corrected chi connectivity index (χ1v) is 5.18. The fraction of sp³-hybridized carbons (Fsp3) is 0.800. The molecule has 2 atom stereocenters. The summed E-state index contributed by atoms with van der Waals surface area (Å²) in [5, 5.41) is 0. The summed E-state index contributed by atoms with van der Waals surface area (Å²) in [7, 11) is 3.46. The average molecular weight is 250 g/mol. The fourth-order valence-electron chi connectivity index (χ4n) is 1.69. The van der Waals surface area contributed by atoms with E-state index in [1.807, 2.05) is 6.92 Å². The minimum Gasteiger partial charge on any atom is -0.345 e. The molecule has 1 fully saturated rings. The van der Waals surface area contributed by atoms with Crippen LogP contribution in [0.4, 0.5) is 0 Å². The Kier molecular flexibility index (Phi) is 5.75. The first kappa shape index (κ1) is 15.2. The van der Waals surface area contributed by atoms with E-state index in [1.165, 1.54) is 0 Å². The lowest BCUT2D eigenvalue weighted by Gasteiger charge is -2.26. The Bertz CT molecular complexity index is 273. The summed E-state index contributed by atoms with van der Waals surface area (Å²) in [5.41, 5.74) is 5.49. The standard InChI is InChI=1S/C10H19N3O2.ClH/c1-7(5-11)13(3)10(15)8-4-9(14)12(2)6-8;/h7-8H,4-6,11H2,1-3H3;1H. The highest BCUT2D eigenvalue weighted by Crippen LogP contribution is 2.18. The molecular formula is C10H20ClN3O2. The van der Waals surface area contributed by atoms with Gasteiger partial charge in [-0.05, 0) is 6.92 Å². The molecule has 2 N–H and O–H groups in total. The second-order valence-corrected chi connectivity index (χ2v) is 4.21. The number of likely N-dealkylation sites (tertiary alicyclic amines) is 1.